The number of aryl methyl sites for hydroxylation is 1. The Morgan fingerprint density at radius 1 is 1.29 bits per heavy atom. The fourth-order valence-electron chi connectivity index (χ4n) is 2.08. The summed E-state index contributed by atoms with van der Waals surface area (Å²) < 4.78 is 11.9. The lowest BCUT2D eigenvalue weighted by Crippen LogP contribution is -2.28. The lowest BCUT2D eigenvalue weighted by Gasteiger charge is -2.17. The van der Waals surface area contributed by atoms with E-state index in [4.69, 9.17) is 15.2 Å². The van der Waals surface area contributed by atoms with Crippen LogP contribution in [0, 0.1) is 6.92 Å². The Labute approximate surface area is 123 Å². The molecule has 1 atom stereocenters. The second kappa shape index (κ2) is 6.41. The molecule has 0 spiro atoms. The number of nitrogens with two attached hydrogens (primary N) is 1. The molecule has 1 aromatic carbocycles. The van der Waals surface area contributed by atoms with Crippen molar-refractivity contribution in [3.05, 3.63) is 51.9 Å². The molecule has 0 amide bonds. The van der Waals surface area contributed by atoms with E-state index in [9.17, 15) is 4.79 Å². The second-order valence-corrected chi connectivity index (χ2v) is 4.77. The van der Waals surface area contributed by atoms with Crippen LogP contribution in [0.4, 0.5) is 0 Å². The van der Waals surface area contributed by atoms with Gasteiger partial charge in [-0.05, 0) is 30.7 Å². The average molecular weight is 289 g/mol. The zero-order valence-corrected chi connectivity index (χ0v) is 12.4. The van der Waals surface area contributed by atoms with E-state index in [-0.39, 0.29) is 12.1 Å². The molecule has 6 heteroatoms. The third kappa shape index (κ3) is 3.41. The lowest BCUT2D eigenvalue weighted by atomic mass is 10.1. The molecule has 1 unspecified atom stereocenters. The summed E-state index contributed by atoms with van der Waals surface area (Å²) >= 11 is 0. The molecule has 2 rings (SSSR count). The minimum atomic E-state index is -0.428. The summed E-state index contributed by atoms with van der Waals surface area (Å²) in [5.74, 6) is 1.34. The first-order chi connectivity index (χ1) is 10.0. The summed E-state index contributed by atoms with van der Waals surface area (Å²) in [6.45, 7) is 2.09. The van der Waals surface area contributed by atoms with Crippen molar-refractivity contribution >= 4 is 0 Å². The van der Waals surface area contributed by atoms with Crippen LogP contribution in [0.1, 0.15) is 17.2 Å². The van der Waals surface area contributed by atoms with E-state index >= 15 is 0 Å². The first-order valence-electron chi connectivity index (χ1n) is 6.56. The summed E-state index contributed by atoms with van der Waals surface area (Å²) in [4.78, 5) is 11.9. The van der Waals surface area contributed by atoms with Crippen molar-refractivity contribution in [3.8, 4) is 11.5 Å². The van der Waals surface area contributed by atoms with E-state index in [1.165, 1.54) is 10.7 Å². The van der Waals surface area contributed by atoms with Crippen LogP contribution in [0.25, 0.3) is 0 Å². The van der Waals surface area contributed by atoms with Crippen LogP contribution in [0.3, 0.4) is 0 Å². The summed E-state index contributed by atoms with van der Waals surface area (Å²) in [7, 11) is 3.16. The van der Waals surface area contributed by atoms with Gasteiger partial charge in [-0.1, -0.05) is 0 Å². The first-order valence-corrected chi connectivity index (χ1v) is 6.56. The SMILES string of the molecule is COc1ccc(OC)c(C(N)Cn2ncc(C)cc2=O)c1. The van der Waals surface area contributed by atoms with Crippen molar-refractivity contribution in [1.29, 1.82) is 0 Å². The van der Waals surface area contributed by atoms with Crippen LogP contribution < -0.4 is 20.8 Å². The number of ether oxygens (including phenoxy) is 2. The number of hydrogen-bond donors (Lipinski definition) is 1. The number of nitrogens with zero attached hydrogens (tertiary/aromatic N) is 2. The molecule has 0 saturated carbocycles. The molecule has 0 saturated heterocycles. The summed E-state index contributed by atoms with van der Waals surface area (Å²) in [6, 6.07) is 6.50. The maximum Gasteiger partial charge on any atom is 0.267 e. The van der Waals surface area contributed by atoms with Gasteiger partial charge in [0.25, 0.3) is 5.56 Å². The Bertz CT molecular complexity index is 682. The molecule has 21 heavy (non-hydrogen) atoms. The van der Waals surface area contributed by atoms with E-state index < -0.39 is 6.04 Å². The van der Waals surface area contributed by atoms with E-state index in [0.29, 0.717) is 11.5 Å². The van der Waals surface area contributed by atoms with Crippen LogP contribution in [0.2, 0.25) is 0 Å². The summed E-state index contributed by atoms with van der Waals surface area (Å²) in [6.07, 6.45) is 1.64. The Balaban J connectivity index is 2.31. The third-order valence-electron chi connectivity index (χ3n) is 3.21. The largest absolute Gasteiger partial charge is 0.497 e. The van der Waals surface area contributed by atoms with Gasteiger partial charge in [0.05, 0.1) is 33.0 Å². The van der Waals surface area contributed by atoms with Gasteiger partial charge in [-0.15, -0.1) is 0 Å². The van der Waals surface area contributed by atoms with Gasteiger partial charge < -0.3 is 15.2 Å². The second-order valence-electron chi connectivity index (χ2n) is 4.77. The predicted octanol–water partition coefficient (Wildman–Crippen LogP) is 1.27. The van der Waals surface area contributed by atoms with E-state index in [2.05, 4.69) is 5.10 Å². The molecule has 0 radical (unpaired) electrons. The molecule has 0 fully saturated rings. The monoisotopic (exact) mass is 289 g/mol. The van der Waals surface area contributed by atoms with Gasteiger partial charge in [-0.3, -0.25) is 4.79 Å². The van der Waals surface area contributed by atoms with E-state index in [1.54, 1.807) is 32.5 Å². The fraction of sp³-hybridized carbons (Fsp3) is 0.333. The maximum atomic E-state index is 11.9. The van der Waals surface area contributed by atoms with Crippen LogP contribution >= 0.6 is 0 Å². The van der Waals surface area contributed by atoms with Gasteiger partial charge in [-0.2, -0.15) is 5.10 Å². The van der Waals surface area contributed by atoms with Gasteiger partial charge in [0.2, 0.25) is 0 Å². The smallest absolute Gasteiger partial charge is 0.267 e. The van der Waals surface area contributed by atoms with Crippen molar-refractivity contribution in [2.24, 2.45) is 5.73 Å². The highest BCUT2D eigenvalue weighted by molar-refractivity contribution is 5.42. The van der Waals surface area contributed by atoms with Crippen LogP contribution in [0.15, 0.2) is 35.3 Å². The van der Waals surface area contributed by atoms with Crippen molar-refractivity contribution in [3.63, 3.8) is 0 Å². The molecule has 0 aliphatic carbocycles. The number of benzene rings is 1. The van der Waals surface area contributed by atoms with Crippen molar-refractivity contribution < 1.29 is 9.47 Å². The zero-order chi connectivity index (χ0) is 15.4. The molecule has 112 valence electrons. The van der Waals surface area contributed by atoms with Gasteiger partial charge in [0.15, 0.2) is 0 Å². The number of rotatable bonds is 5. The highest BCUT2D eigenvalue weighted by atomic mass is 16.5. The zero-order valence-electron chi connectivity index (χ0n) is 12.4. The molecule has 0 aliphatic heterocycles. The van der Waals surface area contributed by atoms with Gasteiger partial charge in [0, 0.05) is 11.6 Å². The molecular weight excluding hydrogens is 270 g/mol. The van der Waals surface area contributed by atoms with Crippen molar-refractivity contribution in [2.45, 2.75) is 19.5 Å². The Morgan fingerprint density at radius 2 is 2.05 bits per heavy atom. The normalized spacial score (nSPS) is 12.0. The summed E-state index contributed by atoms with van der Waals surface area (Å²) in [5.41, 5.74) is 7.62. The number of methoxy groups -OCH3 is 2. The Kier molecular flexibility index (Phi) is 4.59. The number of hydrogen-bond acceptors (Lipinski definition) is 5. The maximum absolute atomic E-state index is 11.9. The summed E-state index contributed by atoms with van der Waals surface area (Å²) in [5, 5.41) is 4.09. The molecule has 2 N–H and O–H groups in total. The minimum absolute atomic E-state index is 0.174. The van der Waals surface area contributed by atoms with Gasteiger partial charge in [-0.25, -0.2) is 4.68 Å². The van der Waals surface area contributed by atoms with E-state index in [1.807, 2.05) is 13.0 Å². The fourth-order valence-corrected chi connectivity index (χ4v) is 2.08. The van der Waals surface area contributed by atoms with Gasteiger partial charge >= 0.3 is 0 Å². The molecule has 0 aliphatic rings. The molecule has 2 aromatic rings. The van der Waals surface area contributed by atoms with Crippen molar-refractivity contribution in [2.75, 3.05) is 14.2 Å². The molecule has 1 aromatic heterocycles. The molecule has 6 nitrogen and oxygen atoms in total. The molecular formula is C15H19N3O3. The van der Waals surface area contributed by atoms with Crippen molar-refractivity contribution in [1.82, 2.24) is 9.78 Å². The lowest BCUT2D eigenvalue weighted by molar-refractivity contribution is 0.389. The van der Waals surface area contributed by atoms with Crippen LogP contribution in [0.5, 0.6) is 11.5 Å². The standard InChI is InChI=1S/C15H19N3O3/c1-10-6-15(19)18(17-8-10)9-13(16)12-7-11(20-2)4-5-14(12)21-3/h4-8,13H,9,16H2,1-3H3. The Morgan fingerprint density at radius 3 is 2.67 bits per heavy atom. The highest BCUT2D eigenvalue weighted by Gasteiger charge is 2.15. The van der Waals surface area contributed by atoms with Gasteiger partial charge in [0.1, 0.15) is 11.5 Å². The predicted molar refractivity (Wildman–Crippen MR) is 79.7 cm³/mol. The molecule has 0 bridgehead atoms. The third-order valence-corrected chi connectivity index (χ3v) is 3.21. The molecule has 1 heterocycles. The minimum Gasteiger partial charge on any atom is -0.497 e. The number of aromatic nitrogens is 2. The topological polar surface area (TPSA) is 79.4 Å². The highest BCUT2D eigenvalue weighted by Crippen LogP contribution is 2.28. The Hall–Kier alpha value is -2.34. The average Bonchev–Trinajstić information content (AvgIpc) is 2.49. The quantitative estimate of drug-likeness (QED) is 0.896. The van der Waals surface area contributed by atoms with Crippen LogP contribution in [-0.4, -0.2) is 24.0 Å². The first kappa shape index (κ1) is 15.1. The van der Waals surface area contributed by atoms with Crippen LogP contribution in [-0.2, 0) is 6.54 Å². The van der Waals surface area contributed by atoms with E-state index in [0.717, 1.165) is 11.1 Å².